The van der Waals surface area contributed by atoms with E-state index in [-0.39, 0.29) is 33.3 Å². The molecule has 188 valence electrons. The van der Waals surface area contributed by atoms with Gasteiger partial charge in [-0.15, -0.1) is 0 Å². The lowest BCUT2D eigenvalue weighted by atomic mass is 9.94. The van der Waals surface area contributed by atoms with Gasteiger partial charge in [0.25, 0.3) is 5.91 Å². The Balaban J connectivity index is 1.47. The summed E-state index contributed by atoms with van der Waals surface area (Å²) < 4.78 is 20.6. The summed E-state index contributed by atoms with van der Waals surface area (Å²) in [5.41, 5.74) is 9.11. The number of nitrogen functional groups attached to an aromatic ring is 1. The van der Waals surface area contributed by atoms with Gasteiger partial charge in [-0.2, -0.15) is 0 Å². The van der Waals surface area contributed by atoms with Gasteiger partial charge in [0, 0.05) is 25.3 Å². The first-order valence-corrected chi connectivity index (χ1v) is 12.5. The van der Waals surface area contributed by atoms with Crippen LogP contribution >= 0.6 is 23.2 Å². The van der Waals surface area contributed by atoms with Crippen molar-refractivity contribution in [3.05, 3.63) is 45.4 Å². The predicted molar refractivity (Wildman–Crippen MR) is 132 cm³/mol. The van der Waals surface area contributed by atoms with Gasteiger partial charge >= 0.3 is 0 Å². The number of likely N-dealkylation sites (tertiary alicyclic amines) is 1. The minimum atomic E-state index is -0.899. The van der Waals surface area contributed by atoms with E-state index in [1.54, 1.807) is 0 Å². The Morgan fingerprint density at radius 2 is 2.03 bits per heavy atom. The van der Waals surface area contributed by atoms with Gasteiger partial charge in [0.1, 0.15) is 16.4 Å². The monoisotopic (exact) mass is 523 g/mol. The average Bonchev–Trinajstić information content (AvgIpc) is 3.55. The summed E-state index contributed by atoms with van der Waals surface area (Å²) in [4.78, 5) is 24.3. The lowest BCUT2D eigenvalue weighted by molar-refractivity contribution is -0.0525. The third-order valence-corrected chi connectivity index (χ3v) is 7.49. The van der Waals surface area contributed by atoms with E-state index in [0.29, 0.717) is 24.8 Å². The topological polar surface area (TPSA) is 109 Å². The summed E-state index contributed by atoms with van der Waals surface area (Å²) in [5.74, 6) is -1.23. The van der Waals surface area contributed by atoms with Crippen LogP contribution in [0, 0.1) is 5.82 Å². The minimum Gasteiger partial charge on any atom is -0.368 e. The van der Waals surface area contributed by atoms with E-state index in [0.717, 1.165) is 44.8 Å². The van der Waals surface area contributed by atoms with Gasteiger partial charge in [-0.1, -0.05) is 23.2 Å². The molecule has 1 saturated carbocycles. The van der Waals surface area contributed by atoms with E-state index in [2.05, 4.69) is 37.7 Å². The minimum absolute atomic E-state index is 0.0178. The Hall–Kier alpha value is -2.08. The number of nitrogens with zero attached hydrogens (tertiary/aromatic N) is 4. The lowest BCUT2D eigenvalue weighted by Crippen LogP contribution is -2.47. The van der Waals surface area contributed by atoms with Crippen molar-refractivity contribution < 1.29 is 13.9 Å². The number of nitrogens with one attached hydrogen (secondary N) is 2. The molecular formula is C23H28Cl2FN7O2. The molecule has 1 atom stereocenters. The summed E-state index contributed by atoms with van der Waals surface area (Å²) >= 11 is 12.3. The van der Waals surface area contributed by atoms with E-state index in [4.69, 9.17) is 33.7 Å². The molecule has 1 aromatic heterocycles. The predicted octanol–water partition coefficient (Wildman–Crippen LogP) is 3.05. The van der Waals surface area contributed by atoms with Crippen molar-refractivity contribution in [3.8, 4) is 0 Å². The molecule has 0 spiro atoms. The summed E-state index contributed by atoms with van der Waals surface area (Å²) in [5, 5.41) is 4.67. The molecule has 3 heterocycles. The van der Waals surface area contributed by atoms with Crippen molar-refractivity contribution in [2.24, 2.45) is 0 Å². The van der Waals surface area contributed by atoms with Gasteiger partial charge in [-0.05, 0) is 58.0 Å². The lowest BCUT2D eigenvalue weighted by Gasteiger charge is -2.36. The molecule has 35 heavy (non-hydrogen) atoms. The van der Waals surface area contributed by atoms with Crippen LogP contribution in [0.5, 0.6) is 0 Å². The van der Waals surface area contributed by atoms with Crippen LogP contribution in [0.15, 0.2) is 18.3 Å². The van der Waals surface area contributed by atoms with Gasteiger partial charge in [0.15, 0.2) is 0 Å². The number of piperidine rings is 1. The first-order valence-electron chi connectivity index (χ1n) is 11.7. The molecule has 2 saturated heterocycles. The zero-order valence-corrected chi connectivity index (χ0v) is 20.9. The number of benzene rings is 1. The molecule has 3 fully saturated rings. The Kier molecular flexibility index (Phi) is 6.86. The van der Waals surface area contributed by atoms with Crippen LogP contribution in [-0.2, 0) is 10.3 Å². The number of carbonyl (C=O) groups excluding carboxylic acids is 1. The maximum atomic E-state index is 14.0. The van der Waals surface area contributed by atoms with Gasteiger partial charge in [0.05, 0.1) is 28.1 Å². The second kappa shape index (κ2) is 9.76. The number of hydrogen-bond donors (Lipinski definition) is 3. The van der Waals surface area contributed by atoms with E-state index in [1.165, 1.54) is 12.3 Å². The maximum absolute atomic E-state index is 14.0. The van der Waals surface area contributed by atoms with Crippen molar-refractivity contribution in [1.29, 1.82) is 0 Å². The first-order chi connectivity index (χ1) is 16.8. The highest BCUT2D eigenvalue weighted by Gasteiger charge is 2.49. The van der Waals surface area contributed by atoms with E-state index in [1.807, 2.05) is 0 Å². The highest BCUT2D eigenvalue weighted by Crippen LogP contribution is 2.40. The van der Waals surface area contributed by atoms with Crippen LogP contribution in [0.3, 0.4) is 0 Å². The third-order valence-electron chi connectivity index (χ3n) is 6.81. The van der Waals surface area contributed by atoms with Crippen molar-refractivity contribution in [3.63, 3.8) is 0 Å². The van der Waals surface area contributed by atoms with Gasteiger partial charge in [-0.25, -0.2) is 19.4 Å². The number of carbonyl (C=O) groups is 1. The van der Waals surface area contributed by atoms with Crippen LogP contribution in [-0.4, -0.2) is 71.2 Å². The summed E-state index contributed by atoms with van der Waals surface area (Å²) in [6, 6.07) is 2.81. The second-order valence-electron chi connectivity index (χ2n) is 9.47. The number of ether oxygens (including phenoxy) is 1. The number of hydrazine groups is 1. The van der Waals surface area contributed by atoms with Gasteiger partial charge in [-0.3, -0.25) is 10.2 Å². The molecule has 1 aliphatic carbocycles. The third kappa shape index (κ3) is 5.09. The molecule has 0 radical (unpaired) electrons. The molecule has 1 amide bonds. The van der Waals surface area contributed by atoms with Gasteiger partial charge in [0.2, 0.25) is 5.95 Å². The van der Waals surface area contributed by atoms with Crippen LogP contribution in [0.4, 0.5) is 16.0 Å². The van der Waals surface area contributed by atoms with E-state index in [9.17, 15) is 9.18 Å². The summed E-state index contributed by atoms with van der Waals surface area (Å²) in [6.07, 6.45) is 5.41. The Bertz CT molecular complexity index is 1130. The SMILES string of the molecule is CN1CCC(N2CC(OC3CC3)(c3nc(N)ncc3C(=O)Nc3c(Cl)ccc(F)c3Cl)CN2)CC1. The molecular weight excluding hydrogens is 496 g/mol. The molecule has 1 aromatic carbocycles. The molecule has 1 unspecified atom stereocenters. The Morgan fingerprint density at radius 3 is 2.74 bits per heavy atom. The van der Waals surface area contributed by atoms with E-state index < -0.39 is 17.3 Å². The fourth-order valence-electron chi connectivity index (χ4n) is 4.71. The van der Waals surface area contributed by atoms with Crippen LogP contribution in [0.25, 0.3) is 0 Å². The van der Waals surface area contributed by atoms with Crippen molar-refractivity contribution in [2.45, 2.75) is 43.4 Å². The largest absolute Gasteiger partial charge is 0.368 e. The molecule has 2 aliphatic heterocycles. The Labute approximate surface area is 213 Å². The zero-order chi connectivity index (χ0) is 24.7. The molecule has 0 bridgehead atoms. The number of halogens is 3. The summed E-state index contributed by atoms with van der Waals surface area (Å²) in [6.45, 7) is 2.98. The molecule has 5 rings (SSSR count). The molecule has 12 heteroatoms. The van der Waals surface area contributed by atoms with Crippen molar-refractivity contribution >= 4 is 40.7 Å². The molecule has 9 nitrogen and oxygen atoms in total. The fraction of sp³-hybridized carbons (Fsp3) is 0.522. The highest BCUT2D eigenvalue weighted by atomic mass is 35.5. The fourth-order valence-corrected chi connectivity index (χ4v) is 5.18. The standard InChI is InChI=1S/C23H28Cl2FN7O2/c1-32-8-6-13(7-9-32)33-12-23(11-29-33,35-14-2-3-14)20-15(10-28-22(27)31-20)21(34)30-19-16(24)4-5-17(26)18(19)25/h4-5,10,13-14,29H,2-3,6-9,11-12H2,1H3,(H,30,34)(H2,27,28,31). The van der Waals surface area contributed by atoms with Crippen LogP contribution in [0.2, 0.25) is 10.0 Å². The molecule has 4 N–H and O–H groups in total. The second-order valence-corrected chi connectivity index (χ2v) is 10.3. The quantitative estimate of drug-likeness (QED) is 0.495. The average molecular weight is 524 g/mol. The number of nitrogens with two attached hydrogens (primary N) is 1. The van der Waals surface area contributed by atoms with Gasteiger partial charge < -0.3 is 20.7 Å². The number of rotatable bonds is 6. The number of anilines is 2. The van der Waals surface area contributed by atoms with Crippen LogP contribution in [0.1, 0.15) is 41.7 Å². The smallest absolute Gasteiger partial charge is 0.259 e. The van der Waals surface area contributed by atoms with Crippen LogP contribution < -0.4 is 16.5 Å². The molecule has 2 aromatic rings. The number of aromatic nitrogens is 2. The van der Waals surface area contributed by atoms with Crippen molar-refractivity contribution in [2.75, 3.05) is 44.3 Å². The number of amides is 1. The maximum Gasteiger partial charge on any atom is 0.259 e. The van der Waals surface area contributed by atoms with E-state index >= 15 is 0 Å². The number of hydrogen-bond acceptors (Lipinski definition) is 8. The van der Waals surface area contributed by atoms with Crippen molar-refractivity contribution in [1.82, 2.24) is 25.3 Å². The molecule has 3 aliphatic rings. The zero-order valence-electron chi connectivity index (χ0n) is 19.4. The first kappa shape index (κ1) is 24.6. The Morgan fingerprint density at radius 1 is 1.29 bits per heavy atom. The highest BCUT2D eigenvalue weighted by molar-refractivity contribution is 6.40. The normalized spacial score (nSPS) is 24.1. The summed E-state index contributed by atoms with van der Waals surface area (Å²) in [7, 11) is 2.12.